The molecule has 1 atom stereocenters. The zero-order valence-electron chi connectivity index (χ0n) is 19.1. The van der Waals surface area contributed by atoms with Crippen molar-refractivity contribution in [3.05, 3.63) is 52.2 Å². The minimum Gasteiger partial charge on any atom is -0.353 e. The van der Waals surface area contributed by atoms with E-state index in [2.05, 4.69) is 60.9 Å². The topological polar surface area (TPSA) is 32.3 Å². The fourth-order valence-electron chi connectivity index (χ4n) is 5.01. The van der Waals surface area contributed by atoms with E-state index in [1.807, 2.05) is 11.3 Å². The first-order valence-corrected chi connectivity index (χ1v) is 12.7. The summed E-state index contributed by atoms with van der Waals surface area (Å²) in [4.78, 5) is 18.1. The van der Waals surface area contributed by atoms with Crippen LogP contribution in [0.4, 0.5) is 5.82 Å². The maximum atomic E-state index is 5.18. The van der Waals surface area contributed by atoms with Crippen LogP contribution in [0.1, 0.15) is 49.0 Å². The number of anilines is 1. The Morgan fingerprint density at radius 2 is 1.84 bits per heavy atom. The molecule has 0 amide bonds. The highest BCUT2D eigenvalue weighted by atomic mass is 32.1. The molecule has 0 bridgehead atoms. The number of aryl methyl sites for hydroxylation is 1. The van der Waals surface area contributed by atoms with Crippen LogP contribution in [0, 0.1) is 11.8 Å². The van der Waals surface area contributed by atoms with Gasteiger partial charge in [0.25, 0.3) is 0 Å². The average Bonchev–Trinajstić information content (AvgIpc) is 3.11. The largest absolute Gasteiger partial charge is 0.353 e. The fraction of sp³-hybridized carbons (Fsp3) is 0.538. The van der Waals surface area contributed by atoms with Crippen LogP contribution in [0.3, 0.4) is 0 Å². The Balaban J connectivity index is 1.43. The molecular weight excluding hydrogens is 400 g/mol. The Labute approximate surface area is 190 Å². The van der Waals surface area contributed by atoms with Crippen molar-refractivity contribution in [2.24, 2.45) is 11.8 Å². The number of thiophene rings is 1. The number of hydrogen-bond acceptors (Lipinski definition) is 5. The van der Waals surface area contributed by atoms with Gasteiger partial charge in [-0.3, -0.25) is 4.90 Å². The van der Waals surface area contributed by atoms with Crippen molar-refractivity contribution < 1.29 is 0 Å². The van der Waals surface area contributed by atoms with Gasteiger partial charge in [-0.25, -0.2) is 9.97 Å². The summed E-state index contributed by atoms with van der Waals surface area (Å²) >= 11 is 1.94. The van der Waals surface area contributed by atoms with E-state index in [-0.39, 0.29) is 0 Å². The van der Waals surface area contributed by atoms with Gasteiger partial charge in [0.15, 0.2) is 0 Å². The molecule has 164 valence electrons. The number of nitrogens with zero attached hydrogens (tertiary/aromatic N) is 4. The maximum Gasteiger partial charge on any atom is 0.141 e. The normalized spacial score (nSPS) is 19.9. The predicted octanol–water partition coefficient (Wildman–Crippen LogP) is 5.34. The zero-order valence-corrected chi connectivity index (χ0v) is 19.9. The van der Waals surface area contributed by atoms with Crippen LogP contribution in [0.2, 0.25) is 0 Å². The molecule has 5 rings (SSSR count). The second kappa shape index (κ2) is 8.87. The van der Waals surface area contributed by atoms with Crippen LogP contribution >= 0.6 is 11.3 Å². The average molecular weight is 435 g/mol. The summed E-state index contributed by atoms with van der Waals surface area (Å²) in [5.74, 6) is 3.60. The van der Waals surface area contributed by atoms with Crippen LogP contribution in [0.25, 0.3) is 10.2 Å². The van der Waals surface area contributed by atoms with Crippen LogP contribution < -0.4 is 4.90 Å². The molecule has 2 aliphatic rings. The highest BCUT2D eigenvalue weighted by Crippen LogP contribution is 2.41. The Bertz CT molecular complexity index is 1030. The lowest BCUT2D eigenvalue weighted by Gasteiger charge is -2.36. The van der Waals surface area contributed by atoms with Gasteiger partial charge in [0.2, 0.25) is 0 Å². The van der Waals surface area contributed by atoms with Gasteiger partial charge in [0.1, 0.15) is 16.5 Å². The molecule has 1 aromatic carbocycles. The van der Waals surface area contributed by atoms with Crippen LogP contribution in [0.15, 0.2) is 30.3 Å². The van der Waals surface area contributed by atoms with Gasteiger partial charge in [0, 0.05) is 44.0 Å². The highest BCUT2D eigenvalue weighted by molar-refractivity contribution is 7.19. The molecule has 1 fully saturated rings. The smallest absolute Gasteiger partial charge is 0.141 e. The van der Waals surface area contributed by atoms with E-state index in [1.165, 1.54) is 40.9 Å². The number of aromatic nitrogens is 2. The minimum absolute atomic E-state index is 0.572. The summed E-state index contributed by atoms with van der Waals surface area (Å²) in [7, 11) is 0. The molecule has 1 aliphatic carbocycles. The fourth-order valence-corrected chi connectivity index (χ4v) is 6.41. The first-order chi connectivity index (χ1) is 15.1. The third-order valence-electron chi connectivity index (χ3n) is 6.69. The number of benzene rings is 1. The molecule has 2 aromatic heterocycles. The third kappa shape index (κ3) is 4.49. The summed E-state index contributed by atoms with van der Waals surface area (Å²) in [6.45, 7) is 12.2. The Morgan fingerprint density at radius 1 is 1.06 bits per heavy atom. The SMILES string of the molecule is CC(C)Cc1nc(N2CCN(Cc3ccccc3)CC2)c2c3c(sc2n1)CC(C)CC3. The van der Waals surface area contributed by atoms with Gasteiger partial charge in [-0.1, -0.05) is 51.1 Å². The molecule has 1 unspecified atom stereocenters. The lowest BCUT2D eigenvalue weighted by Crippen LogP contribution is -2.46. The Kier molecular flexibility index (Phi) is 5.98. The van der Waals surface area contributed by atoms with E-state index >= 15 is 0 Å². The number of piperazine rings is 1. The van der Waals surface area contributed by atoms with Gasteiger partial charge >= 0.3 is 0 Å². The van der Waals surface area contributed by atoms with E-state index in [0.717, 1.165) is 50.9 Å². The summed E-state index contributed by atoms with van der Waals surface area (Å²) in [6, 6.07) is 10.8. The van der Waals surface area contributed by atoms with E-state index < -0.39 is 0 Å². The van der Waals surface area contributed by atoms with Crippen LogP contribution in [0.5, 0.6) is 0 Å². The summed E-state index contributed by atoms with van der Waals surface area (Å²) in [6.07, 6.45) is 4.64. The predicted molar refractivity (Wildman–Crippen MR) is 131 cm³/mol. The molecular formula is C26H34N4S. The van der Waals surface area contributed by atoms with E-state index in [4.69, 9.17) is 9.97 Å². The van der Waals surface area contributed by atoms with Gasteiger partial charge in [-0.05, 0) is 42.2 Å². The summed E-state index contributed by atoms with van der Waals surface area (Å²) in [5, 5.41) is 1.37. The maximum absolute atomic E-state index is 5.18. The molecule has 0 N–H and O–H groups in total. The van der Waals surface area contributed by atoms with Gasteiger partial charge < -0.3 is 4.90 Å². The van der Waals surface area contributed by atoms with Gasteiger partial charge in [0.05, 0.1) is 5.39 Å². The van der Waals surface area contributed by atoms with Crippen LogP contribution in [-0.2, 0) is 25.8 Å². The second-order valence-corrected chi connectivity index (χ2v) is 10.9. The first-order valence-electron chi connectivity index (χ1n) is 11.9. The Hall–Kier alpha value is -1.98. The van der Waals surface area contributed by atoms with E-state index in [9.17, 15) is 0 Å². The highest BCUT2D eigenvalue weighted by Gasteiger charge is 2.27. The molecule has 1 saturated heterocycles. The number of hydrogen-bond donors (Lipinski definition) is 0. The van der Waals surface area contributed by atoms with Gasteiger partial charge in [-0.2, -0.15) is 0 Å². The third-order valence-corrected chi connectivity index (χ3v) is 7.84. The molecule has 4 nitrogen and oxygen atoms in total. The summed E-state index contributed by atoms with van der Waals surface area (Å²) < 4.78 is 0. The minimum atomic E-state index is 0.572. The molecule has 5 heteroatoms. The van der Waals surface area contributed by atoms with E-state index in [0.29, 0.717) is 5.92 Å². The monoisotopic (exact) mass is 434 g/mol. The molecule has 1 aliphatic heterocycles. The zero-order chi connectivity index (χ0) is 21.4. The molecule has 0 saturated carbocycles. The molecule has 31 heavy (non-hydrogen) atoms. The second-order valence-electron chi connectivity index (χ2n) is 9.84. The van der Waals surface area contributed by atoms with Crippen molar-refractivity contribution in [3.63, 3.8) is 0 Å². The van der Waals surface area contributed by atoms with Crippen molar-refractivity contribution in [3.8, 4) is 0 Å². The molecule has 3 aromatic rings. The lowest BCUT2D eigenvalue weighted by molar-refractivity contribution is 0.249. The van der Waals surface area contributed by atoms with Crippen molar-refractivity contribution in [2.75, 3.05) is 31.1 Å². The molecule has 3 heterocycles. The summed E-state index contributed by atoms with van der Waals surface area (Å²) in [5.41, 5.74) is 2.96. The Morgan fingerprint density at radius 3 is 2.58 bits per heavy atom. The standard InChI is InChI=1S/C26H34N4S/c1-18(2)15-23-27-25(24-21-10-9-19(3)16-22(21)31-26(24)28-23)30-13-11-29(12-14-30)17-20-7-5-4-6-8-20/h4-8,18-19H,9-17H2,1-3H3. The first kappa shape index (κ1) is 20.9. The molecule has 0 radical (unpaired) electrons. The molecule has 0 spiro atoms. The lowest BCUT2D eigenvalue weighted by atomic mass is 9.89. The van der Waals surface area contributed by atoms with Crippen LogP contribution in [-0.4, -0.2) is 41.0 Å². The number of rotatable bonds is 5. The van der Waals surface area contributed by atoms with Crippen molar-refractivity contribution in [1.29, 1.82) is 0 Å². The van der Waals surface area contributed by atoms with E-state index in [1.54, 1.807) is 10.4 Å². The van der Waals surface area contributed by atoms with Crippen molar-refractivity contribution in [1.82, 2.24) is 14.9 Å². The van der Waals surface area contributed by atoms with Gasteiger partial charge in [-0.15, -0.1) is 11.3 Å². The quantitative estimate of drug-likeness (QED) is 0.543. The van der Waals surface area contributed by atoms with Crippen molar-refractivity contribution in [2.45, 2.75) is 53.0 Å². The number of fused-ring (bicyclic) bond motifs is 3. The van der Waals surface area contributed by atoms with Crippen molar-refractivity contribution >= 4 is 27.4 Å².